The van der Waals surface area contributed by atoms with Crippen LogP contribution in [-0.4, -0.2) is 50.4 Å². The third-order valence-electron chi connectivity index (χ3n) is 7.39. The SMILES string of the molecule is COc1ccc(Cl)cc1N(CC(=O)N(Cc1ccccc1C)[C@H](Cc1ccccc1)C(=O)NC(C)(C)C)S(=O)(=O)c1ccccc1. The van der Waals surface area contributed by atoms with Gasteiger partial charge in [0.1, 0.15) is 18.3 Å². The number of amides is 2. The van der Waals surface area contributed by atoms with Gasteiger partial charge in [-0.05, 0) is 74.7 Å². The Morgan fingerprint density at radius 3 is 2.11 bits per heavy atom. The first-order valence-corrected chi connectivity index (χ1v) is 16.7. The van der Waals surface area contributed by atoms with Crippen LogP contribution in [0.25, 0.3) is 0 Å². The van der Waals surface area contributed by atoms with Crippen molar-refractivity contribution in [1.82, 2.24) is 10.2 Å². The molecule has 242 valence electrons. The largest absolute Gasteiger partial charge is 0.495 e. The number of rotatable bonds is 12. The van der Waals surface area contributed by atoms with Crippen LogP contribution >= 0.6 is 11.6 Å². The van der Waals surface area contributed by atoms with Crippen molar-refractivity contribution in [2.24, 2.45) is 0 Å². The number of nitrogens with zero attached hydrogens (tertiary/aromatic N) is 2. The van der Waals surface area contributed by atoms with Crippen LogP contribution in [0.1, 0.15) is 37.5 Å². The molecule has 2 amide bonds. The van der Waals surface area contributed by atoms with Gasteiger partial charge in [-0.3, -0.25) is 13.9 Å². The van der Waals surface area contributed by atoms with E-state index in [9.17, 15) is 18.0 Å². The molecule has 0 aliphatic rings. The fourth-order valence-corrected chi connectivity index (χ4v) is 6.67. The summed E-state index contributed by atoms with van der Waals surface area (Å²) in [6.07, 6.45) is 0.215. The minimum atomic E-state index is -4.30. The summed E-state index contributed by atoms with van der Waals surface area (Å²) in [6.45, 7) is 7.01. The van der Waals surface area contributed by atoms with Gasteiger partial charge in [0.15, 0.2) is 0 Å². The van der Waals surface area contributed by atoms with Gasteiger partial charge >= 0.3 is 0 Å². The van der Waals surface area contributed by atoms with Crippen molar-refractivity contribution < 1.29 is 22.7 Å². The molecule has 8 nitrogen and oxygen atoms in total. The molecule has 4 aromatic rings. The summed E-state index contributed by atoms with van der Waals surface area (Å²) in [6, 6.07) is 28.5. The number of hydrogen-bond donors (Lipinski definition) is 1. The average molecular weight is 662 g/mol. The number of nitrogens with one attached hydrogen (secondary N) is 1. The average Bonchev–Trinajstić information content (AvgIpc) is 3.02. The predicted octanol–water partition coefficient (Wildman–Crippen LogP) is 6.41. The molecule has 0 saturated carbocycles. The fourth-order valence-electron chi connectivity index (χ4n) is 5.07. The van der Waals surface area contributed by atoms with E-state index in [0.29, 0.717) is 0 Å². The van der Waals surface area contributed by atoms with Crippen molar-refractivity contribution in [1.29, 1.82) is 0 Å². The lowest BCUT2D eigenvalue weighted by Crippen LogP contribution is -2.56. The Hall–Kier alpha value is -4.34. The Morgan fingerprint density at radius 2 is 1.50 bits per heavy atom. The molecule has 4 aromatic carbocycles. The maximum absolute atomic E-state index is 14.7. The number of sulfonamides is 1. The Labute approximate surface area is 277 Å². The van der Waals surface area contributed by atoms with Crippen LogP contribution in [0.2, 0.25) is 5.02 Å². The van der Waals surface area contributed by atoms with Gasteiger partial charge in [-0.2, -0.15) is 0 Å². The first kappa shape index (κ1) is 34.5. The van der Waals surface area contributed by atoms with Crippen molar-refractivity contribution in [3.8, 4) is 5.75 Å². The molecule has 0 heterocycles. The molecule has 0 aliphatic heterocycles. The molecule has 0 saturated heterocycles. The first-order valence-electron chi connectivity index (χ1n) is 14.9. The molecule has 1 atom stereocenters. The lowest BCUT2D eigenvalue weighted by Gasteiger charge is -2.35. The van der Waals surface area contributed by atoms with Crippen molar-refractivity contribution >= 4 is 39.1 Å². The predicted molar refractivity (Wildman–Crippen MR) is 183 cm³/mol. The molecule has 0 bridgehead atoms. The number of aryl methyl sites for hydroxylation is 1. The molecule has 0 aromatic heterocycles. The van der Waals surface area contributed by atoms with Crippen LogP contribution in [-0.2, 0) is 32.6 Å². The quantitative estimate of drug-likeness (QED) is 0.189. The van der Waals surface area contributed by atoms with Gasteiger partial charge in [0.05, 0.1) is 17.7 Å². The highest BCUT2D eigenvalue weighted by molar-refractivity contribution is 7.92. The van der Waals surface area contributed by atoms with E-state index in [1.807, 2.05) is 82.3 Å². The summed E-state index contributed by atoms with van der Waals surface area (Å²) in [7, 11) is -2.88. The number of benzene rings is 4. The van der Waals surface area contributed by atoms with E-state index in [2.05, 4.69) is 5.32 Å². The maximum atomic E-state index is 14.7. The van der Waals surface area contributed by atoms with Crippen LogP contribution in [0, 0.1) is 6.92 Å². The highest BCUT2D eigenvalue weighted by atomic mass is 35.5. The number of ether oxygens (including phenoxy) is 1. The summed E-state index contributed by atoms with van der Waals surface area (Å²) >= 11 is 6.36. The lowest BCUT2D eigenvalue weighted by atomic mass is 10.00. The smallest absolute Gasteiger partial charge is 0.264 e. The highest BCUT2D eigenvalue weighted by Crippen LogP contribution is 2.35. The Balaban J connectivity index is 1.87. The van der Waals surface area contributed by atoms with E-state index in [-0.39, 0.29) is 40.2 Å². The van der Waals surface area contributed by atoms with E-state index in [4.69, 9.17) is 16.3 Å². The van der Waals surface area contributed by atoms with Gasteiger partial charge in [0.2, 0.25) is 11.8 Å². The summed E-state index contributed by atoms with van der Waals surface area (Å²) in [4.78, 5) is 30.2. The third-order valence-corrected chi connectivity index (χ3v) is 9.40. The first-order chi connectivity index (χ1) is 21.8. The molecule has 46 heavy (non-hydrogen) atoms. The van der Waals surface area contributed by atoms with Gasteiger partial charge in [0.25, 0.3) is 10.0 Å². The van der Waals surface area contributed by atoms with Crippen molar-refractivity contribution in [2.45, 2.75) is 57.1 Å². The van der Waals surface area contributed by atoms with Crippen molar-refractivity contribution in [2.75, 3.05) is 18.0 Å². The molecule has 10 heteroatoms. The summed E-state index contributed by atoms with van der Waals surface area (Å²) in [5, 5.41) is 3.30. The van der Waals surface area contributed by atoms with Crippen LogP contribution in [0.4, 0.5) is 5.69 Å². The number of hydrogen-bond acceptors (Lipinski definition) is 5. The van der Waals surface area contributed by atoms with Crippen LogP contribution in [0.3, 0.4) is 0 Å². The van der Waals surface area contributed by atoms with E-state index in [1.165, 1.54) is 30.2 Å². The third kappa shape index (κ3) is 8.68. The zero-order valence-electron chi connectivity index (χ0n) is 26.7. The summed E-state index contributed by atoms with van der Waals surface area (Å²) in [5.74, 6) is -0.709. The van der Waals surface area contributed by atoms with Gasteiger partial charge in [-0.25, -0.2) is 8.42 Å². The zero-order chi connectivity index (χ0) is 33.5. The molecule has 4 rings (SSSR count). The molecule has 0 radical (unpaired) electrons. The molecule has 1 N–H and O–H groups in total. The number of carbonyl (C=O) groups excluding carboxylic acids is 2. The Morgan fingerprint density at radius 1 is 0.891 bits per heavy atom. The molecule has 0 unspecified atom stereocenters. The van der Waals surface area contributed by atoms with E-state index in [1.54, 1.807) is 30.3 Å². The minimum Gasteiger partial charge on any atom is -0.495 e. The summed E-state index contributed by atoms with van der Waals surface area (Å²) < 4.78 is 35.0. The fraction of sp³-hybridized carbons (Fsp3) is 0.278. The zero-order valence-corrected chi connectivity index (χ0v) is 28.3. The normalized spacial score (nSPS) is 12.2. The topological polar surface area (TPSA) is 96.0 Å². The Kier molecular flexibility index (Phi) is 11.1. The minimum absolute atomic E-state index is 0.0124. The lowest BCUT2D eigenvalue weighted by molar-refractivity contribution is -0.140. The van der Waals surface area contributed by atoms with Crippen molar-refractivity contribution in [3.63, 3.8) is 0 Å². The number of carbonyl (C=O) groups is 2. The van der Waals surface area contributed by atoms with Crippen LogP contribution < -0.4 is 14.4 Å². The second kappa shape index (κ2) is 14.8. The number of methoxy groups -OCH3 is 1. The molecule has 0 fully saturated rings. The molecule has 0 aliphatic carbocycles. The van der Waals surface area contributed by atoms with E-state index >= 15 is 0 Å². The van der Waals surface area contributed by atoms with Gasteiger partial charge in [0, 0.05) is 23.5 Å². The van der Waals surface area contributed by atoms with Crippen LogP contribution in [0.15, 0.2) is 108 Å². The van der Waals surface area contributed by atoms with E-state index in [0.717, 1.165) is 21.0 Å². The second-order valence-corrected chi connectivity index (χ2v) is 14.3. The standard InChI is InChI=1S/C36H40ClN3O5S/c1-26-14-12-13-17-28(26)24-39(32(35(42)38-36(2,3)4)22-27-15-8-6-9-16-27)34(41)25-40(31-23-29(37)20-21-33(31)45-5)46(43,44)30-18-10-7-11-19-30/h6-21,23,32H,22,24-25H2,1-5H3,(H,38,42)/t32-/m1/s1. The second-order valence-electron chi connectivity index (χ2n) is 12.0. The highest BCUT2D eigenvalue weighted by Gasteiger charge is 2.36. The number of anilines is 1. The summed E-state index contributed by atoms with van der Waals surface area (Å²) in [5.41, 5.74) is 2.13. The molecular weight excluding hydrogens is 622 g/mol. The van der Waals surface area contributed by atoms with Gasteiger partial charge in [-0.15, -0.1) is 0 Å². The van der Waals surface area contributed by atoms with Gasteiger partial charge < -0.3 is 15.0 Å². The number of halogens is 1. The monoisotopic (exact) mass is 661 g/mol. The maximum Gasteiger partial charge on any atom is 0.264 e. The van der Waals surface area contributed by atoms with Gasteiger partial charge in [-0.1, -0.05) is 84.4 Å². The van der Waals surface area contributed by atoms with E-state index < -0.39 is 34.1 Å². The molecular formula is C36H40ClN3O5S. The van der Waals surface area contributed by atoms with Crippen molar-refractivity contribution in [3.05, 3.63) is 125 Å². The molecule has 0 spiro atoms. The Bertz CT molecular complexity index is 1760. The van der Waals surface area contributed by atoms with Crippen LogP contribution in [0.5, 0.6) is 5.75 Å².